The van der Waals surface area contributed by atoms with E-state index in [1.165, 1.54) is 6.08 Å². The number of aliphatic hydroxyl groups is 6. The standard InChI is InChI=1S/C29H42O11/c1-14-22(33)23(34)24(35)25(39-14)40-16-3-6-27(13-30)19-10-20(31)26(2)17(15-9-21(32)38-12-15)5-8-29(26,37)18(19)4-7-28(27,36)11-16/h9,13-14,16-20,22-25,31,33-37H,3-8,10-12H2,1-2H3/t14-,16-,17-,18+,19+,20-,22+,23-,24-,25+,26+,27+,28+,29+/m1/s1. The average molecular weight is 567 g/mol. The van der Waals surface area contributed by atoms with Gasteiger partial charge in [0.05, 0.1) is 34.9 Å². The van der Waals surface area contributed by atoms with Crippen molar-refractivity contribution in [3.05, 3.63) is 11.6 Å². The highest BCUT2D eigenvalue weighted by molar-refractivity contribution is 5.85. The molecule has 4 saturated carbocycles. The van der Waals surface area contributed by atoms with Crippen molar-refractivity contribution >= 4 is 12.3 Å². The van der Waals surface area contributed by atoms with Gasteiger partial charge in [-0.3, -0.25) is 0 Å². The number of aldehydes is 1. The molecule has 0 radical (unpaired) electrons. The molecule has 2 aliphatic heterocycles. The monoisotopic (exact) mass is 566 g/mol. The first-order valence-electron chi connectivity index (χ1n) is 14.6. The molecule has 11 heteroatoms. The Hall–Kier alpha value is -1.44. The summed E-state index contributed by atoms with van der Waals surface area (Å²) in [4.78, 5) is 24.8. The molecular formula is C29H42O11. The molecule has 1 saturated heterocycles. The molecular weight excluding hydrogens is 524 g/mol. The van der Waals surface area contributed by atoms with Gasteiger partial charge >= 0.3 is 5.97 Å². The Balaban J connectivity index is 1.25. The van der Waals surface area contributed by atoms with E-state index in [1.807, 2.05) is 6.92 Å². The van der Waals surface area contributed by atoms with Gasteiger partial charge in [0, 0.05) is 17.9 Å². The van der Waals surface area contributed by atoms with Gasteiger partial charge in [0.15, 0.2) is 6.29 Å². The normalized spacial score (nSPS) is 56.0. The van der Waals surface area contributed by atoms with Crippen molar-refractivity contribution in [3.8, 4) is 0 Å². The Morgan fingerprint density at radius 2 is 1.75 bits per heavy atom. The second-order valence-corrected chi connectivity index (χ2v) is 13.5. The van der Waals surface area contributed by atoms with Crippen LogP contribution in [0.25, 0.3) is 0 Å². The number of carbonyl (C=O) groups excluding carboxylic acids is 2. The van der Waals surface area contributed by atoms with E-state index >= 15 is 0 Å². The van der Waals surface area contributed by atoms with Crippen molar-refractivity contribution in [1.29, 1.82) is 0 Å². The molecule has 6 aliphatic rings. The summed E-state index contributed by atoms with van der Waals surface area (Å²) in [5, 5.41) is 66.7. The van der Waals surface area contributed by atoms with Gasteiger partial charge in [-0.25, -0.2) is 4.79 Å². The minimum absolute atomic E-state index is 0.0926. The van der Waals surface area contributed by atoms with Crippen LogP contribution >= 0.6 is 0 Å². The quantitative estimate of drug-likeness (QED) is 0.149. The molecule has 0 aromatic carbocycles. The summed E-state index contributed by atoms with van der Waals surface area (Å²) in [5.74, 6) is -1.42. The number of aliphatic hydroxyl groups excluding tert-OH is 4. The molecule has 4 aliphatic carbocycles. The topological polar surface area (TPSA) is 183 Å². The summed E-state index contributed by atoms with van der Waals surface area (Å²) < 4.78 is 16.8. The molecule has 40 heavy (non-hydrogen) atoms. The van der Waals surface area contributed by atoms with E-state index in [0.717, 1.165) is 11.9 Å². The molecule has 14 atom stereocenters. The highest BCUT2D eigenvalue weighted by Gasteiger charge is 2.74. The van der Waals surface area contributed by atoms with Gasteiger partial charge in [-0.1, -0.05) is 6.92 Å². The van der Waals surface area contributed by atoms with E-state index in [1.54, 1.807) is 6.92 Å². The molecule has 2 heterocycles. The number of hydrogen-bond donors (Lipinski definition) is 6. The Bertz CT molecular complexity index is 1080. The van der Waals surface area contributed by atoms with E-state index < -0.39 is 76.8 Å². The van der Waals surface area contributed by atoms with Crippen molar-refractivity contribution in [2.45, 2.75) is 119 Å². The molecule has 0 spiro atoms. The first-order valence-corrected chi connectivity index (χ1v) is 14.6. The van der Waals surface area contributed by atoms with Crippen molar-refractivity contribution in [2.24, 2.45) is 28.6 Å². The van der Waals surface area contributed by atoms with E-state index in [2.05, 4.69) is 0 Å². The van der Waals surface area contributed by atoms with Crippen LogP contribution in [0.3, 0.4) is 0 Å². The zero-order chi connectivity index (χ0) is 28.8. The number of carbonyl (C=O) groups is 2. The summed E-state index contributed by atoms with van der Waals surface area (Å²) in [6.45, 7) is 3.61. The van der Waals surface area contributed by atoms with Gasteiger partial charge in [-0.15, -0.1) is 0 Å². The van der Waals surface area contributed by atoms with Gasteiger partial charge < -0.3 is 49.6 Å². The van der Waals surface area contributed by atoms with Crippen LogP contribution in [0.5, 0.6) is 0 Å². The van der Waals surface area contributed by atoms with Crippen molar-refractivity contribution in [1.82, 2.24) is 0 Å². The first-order chi connectivity index (χ1) is 18.8. The van der Waals surface area contributed by atoms with Crippen LogP contribution < -0.4 is 0 Å². The Kier molecular flexibility index (Phi) is 6.83. The number of esters is 1. The first kappa shape index (κ1) is 28.7. The van der Waals surface area contributed by atoms with Gasteiger partial charge in [0.2, 0.25) is 0 Å². The van der Waals surface area contributed by atoms with Gasteiger partial charge in [-0.2, -0.15) is 0 Å². The van der Waals surface area contributed by atoms with Crippen LogP contribution in [0, 0.1) is 28.6 Å². The molecule has 0 bridgehead atoms. The zero-order valence-electron chi connectivity index (χ0n) is 23.0. The summed E-state index contributed by atoms with van der Waals surface area (Å²) in [5.41, 5.74) is -4.09. The summed E-state index contributed by atoms with van der Waals surface area (Å²) in [6, 6.07) is 0. The molecule has 6 N–H and O–H groups in total. The maximum atomic E-state index is 13.0. The molecule has 0 unspecified atom stereocenters. The molecule has 0 aromatic rings. The molecule has 0 aromatic heterocycles. The van der Waals surface area contributed by atoms with E-state index in [4.69, 9.17) is 14.2 Å². The van der Waals surface area contributed by atoms with Crippen LogP contribution in [0.2, 0.25) is 0 Å². The number of hydrogen-bond acceptors (Lipinski definition) is 11. The summed E-state index contributed by atoms with van der Waals surface area (Å²) in [7, 11) is 0. The third-order valence-corrected chi connectivity index (χ3v) is 12.1. The number of cyclic esters (lactones) is 1. The average Bonchev–Trinajstić information content (AvgIpc) is 3.46. The highest BCUT2D eigenvalue weighted by atomic mass is 16.7. The maximum Gasteiger partial charge on any atom is 0.331 e. The fourth-order valence-corrected chi connectivity index (χ4v) is 9.74. The van der Waals surface area contributed by atoms with Gasteiger partial charge in [0.1, 0.15) is 31.2 Å². The largest absolute Gasteiger partial charge is 0.458 e. The SMILES string of the molecule is C[C@H]1O[C@@H](O[C@@H]2CC[C@]3(C=O)[C@H]4C[C@@H](O)[C@]5(C)[C@@H](C6=CC(=O)OC6)CC[C@]5(O)[C@H]4CC[C@]3(O)C2)[C@H](O)[C@H](O)[C@H]1O. The molecule has 6 rings (SSSR count). The van der Waals surface area contributed by atoms with Crippen molar-refractivity contribution in [2.75, 3.05) is 6.61 Å². The summed E-state index contributed by atoms with van der Waals surface area (Å²) >= 11 is 0. The van der Waals surface area contributed by atoms with Crippen molar-refractivity contribution < 1.29 is 54.4 Å². The lowest BCUT2D eigenvalue weighted by Gasteiger charge is -2.66. The van der Waals surface area contributed by atoms with Gasteiger partial charge in [0.25, 0.3) is 0 Å². The summed E-state index contributed by atoms with van der Waals surface area (Å²) in [6.07, 6.45) is -2.70. The smallest absolute Gasteiger partial charge is 0.331 e. The van der Waals surface area contributed by atoms with Crippen LogP contribution in [-0.4, -0.2) is 104 Å². The minimum Gasteiger partial charge on any atom is -0.458 e. The lowest BCUT2D eigenvalue weighted by Crippen LogP contribution is -2.71. The van der Waals surface area contributed by atoms with E-state index in [-0.39, 0.29) is 44.1 Å². The third kappa shape index (κ3) is 3.71. The van der Waals surface area contributed by atoms with Crippen LogP contribution in [-0.2, 0) is 23.8 Å². The predicted octanol–water partition coefficient (Wildman–Crippen LogP) is -0.279. The maximum absolute atomic E-state index is 13.0. The molecule has 5 fully saturated rings. The Morgan fingerprint density at radius 3 is 2.42 bits per heavy atom. The highest BCUT2D eigenvalue weighted by Crippen LogP contribution is 2.70. The number of fused-ring (bicyclic) bond motifs is 5. The third-order valence-electron chi connectivity index (χ3n) is 12.1. The Labute approximate surface area is 233 Å². The van der Waals surface area contributed by atoms with Crippen LogP contribution in [0.1, 0.15) is 65.2 Å². The Morgan fingerprint density at radius 1 is 1.00 bits per heavy atom. The predicted molar refractivity (Wildman–Crippen MR) is 136 cm³/mol. The molecule has 0 amide bonds. The van der Waals surface area contributed by atoms with Crippen LogP contribution in [0.4, 0.5) is 0 Å². The van der Waals surface area contributed by atoms with Gasteiger partial charge in [-0.05, 0) is 75.2 Å². The second-order valence-electron chi connectivity index (χ2n) is 13.5. The molecule has 11 nitrogen and oxygen atoms in total. The number of rotatable bonds is 4. The van der Waals surface area contributed by atoms with E-state index in [9.17, 15) is 40.2 Å². The fourth-order valence-electron chi connectivity index (χ4n) is 9.74. The van der Waals surface area contributed by atoms with E-state index in [0.29, 0.717) is 25.7 Å². The number of ether oxygens (including phenoxy) is 3. The lowest BCUT2D eigenvalue weighted by atomic mass is 9.41. The van der Waals surface area contributed by atoms with Crippen molar-refractivity contribution in [3.63, 3.8) is 0 Å². The van der Waals surface area contributed by atoms with Crippen LogP contribution in [0.15, 0.2) is 11.6 Å². The minimum atomic E-state index is -1.47. The lowest BCUT2D eigenvalue weighted by molar-refractivity contribution is -0.319. The molecule has 224 valence electrons. The second kappa shape index (κ2) is 9.54. The zero-order valence-corrected chi connectivity index (χ0v) is 23.0. The fraction of sp³-hybridized carbons (Fsp3) is 0.862.